The summed E-state index contributed by atoms with van der Waals surface area (Å²) in [7, 11) is 5.89. The molecule has 1 saturated carbocycles. The van der Waals surface area contributed by atoms with Crippen molar-refractivity contribution in [3.63, 3.8) is 0 Å². The summed E-state index contributed by atoms with van der Waals surface area (Å²) >= 11 is 1.48. The summed E-state index contributed by atoms with van der Waals surface area (Å²) in [6, 6.07) is 16.8. The van der Waals surface area contributed by atoms with Gasteiger partial charge in [0, 0.05) is 56.0 Å². The number of aromatic nitrogens is 1. The van der Waals surface area contributed by atoms with Gasteiger partial charge in [-0.2, -0.15) is 0 Å². The quantitative estimate of drug-likeness (QED) is 0.132. The van der Waals surface area contributed by atoms with Crippen LogP contribution in [0.3, 0.4) is 0 Å². The molecule has 4 N–H and O–H groups in total. The zero-order valence-corrected chi connectivity index (χ0v) is 24.5. The number of carbonyl (C=O) groups excluding carboxylic acids is 2. The molecule has 42 heavy (non-hydrogen) atoms. The Hall–Kier alpha value is -4.48. The van der Waals surface area contributed by atoms with E-state index in [4.69, 9.17) is 4.74 Å². The SMILES string of the molecule is CN/C(=C\NCCN(C)C)c1cc2nccc(Oc3ccc(NC(=O)C4(C(=O)Nc5ccccc5)CC4)cc3F)c2s1. The molecule has 0 saturated heterocycles. The van der Waals surface area contributed by atoms with Crippen LogP contribution in [0.25, 0.3) is 15.9 Å². The summed E-state index contributed by atoms with van der Waals surface area (Å²) in [4.78, 5) is 33.3. The number of nitrogens with one attached hydrogen (secondary N) is 4. The number of pyridine rings is 1. The maximum Gasteiger partial charge on any atom is 0.240 e. The maximum atomic E-state index is 15.2. The highest BCUT2D eigenvalue weighted by Crippen LogP contribution is 2.47. The fourth-order valence-corrected chi connectivity index (χ4v) is 5.43. The van der Waals surface area contributed by atoms with E-state index in [1.165, 1.54) is 23.5 Å². The van der Waals surface area contributed by atoms with Crippen molar-refractivity contribution in [2.45, 2.75) is 12.8 Å². The Morgan fingerprint density at radius 2 is 1.76 bits per heavy atom. The summed E-state index contributed by atoms with van der Waals surface area (Å²) in [5, 5.41) is 12.0. The van der Waals surface area contributed by atoms with Gasteiger partial charge in [0.1, 0.15) is 11.2 Å². The smallest absolute Gasteiger partial charge is 0.240 e. The van der Waals surface area contributed by atoms with Gasteiger partial charge in [-0.05, 0) is 57.3 Å². The van der Waals surface area contributed by atoms with Gasteiger partial charge in [0.05, 0.1) is 20.8 Å². The van der Waals surface area contributed by atoms with Crippen LogP contribution >= 0.6 is 11.3 Å². The number of benzene rings is 2. The second-order valence-electron chi connectivity index (χ2n) is 10.3. The lowest BCUT2D eigenvalue weighted by Gasteiger charge is -2.16. The number of ether oxygens (including phenoxy) is 1. The third-order valence-electron chi connectivity index (χ3n) is 6.92. The number of halogens is 1. The molecule has 1 aliphatic rings. The van der Waals surface area contributed by atoms with E-state index in [1.807, 2.05) is 39.5 Å². The summed E-state index contributed by atoms with van der Waals surface area (Å²) in [5.74, 6) is -1.00. The van der Waals surface area contributed by atoms with E-state index < -0.39 is 17.1 Å². The Morgan fingerprint density at radius 1 is 1.02 bits per heavy atom. The Morgan fingerprint density at radius 3 is 2.43 bits per heavy atom. The van der Waals surface area contributed by atoms with Gasteiger partial charge in [0.15, 0.2) is 11.6 Å². The minimum Gasteiger partial charge on any atom is -0.453 e. The van der Waals surface area contributed by atoms with Crippen molar-refractivity contribution in [2.75, 3.05) is 44.9 Å². The minimum absolute atomic E-state index is 0.00754. The van der Waals surface area contributed by atoms with Crippen LogP contribution in [0.15, 0.2) is 73.1 Å². The van der Waals surface area contributed by atoms with E-state index in [-0.39, 0.29) is 17.3 Å². The molecule has 4 aromatic rings. The minimum atomic E-state index is -1.16. The summed E-state index contributed by atoms with van der Waals surface area (Å²) in [6.07, 6.45) is 4.41. The number of hydrogen-bond acceptors (Lipinski definition) is 8. The molecule has 11 heteroatoms. The maximum absolute atomic E-state index is 15.2. The third kappa shape index (κ3) is 6.53. The molecule has 218 valence electrons. The van der Waals surface area contributed by atoms with Gasteiger partial charge in [-0.1, -0.05) is 18.2 Å². The molecule has 0 spiro atoms. The van der Waals surface area contributed by atoms with E-state index in [0.29, 0.717) is 24.3 Å². The van der Waals surface area contributed by atoms with Gasteiger partial charge < -0.3 is 30.9 Å². The number of para-hydroxylation sites is 1. The molecule has 2 amide bonds. The third-order valence-corrected chi connectivity index (χ3v) is 8.09. The molecule has 1 fully saturated rings. The van der Waals surface area contributed by atoms with E-state index in [0.717, 1.165) is 33.9 Å². The van der Waals surface area contributed by atoms with Crippen LogP contribution in [0.2, 0.25) is 0 Å². The second kappa shape index (κ2) is 12.6. The number of rotatable bonds is 12. The summed E-state index contributed by atoms with van der Waals surface area (Å²) in [5.41, 5.74) is 1.33. The molecule has 1 aliphatic carbocycles. The van der Waals surface area contributed by atoms with Crippen LogP contribution in [0, 0.1) is 11.2 Å². The highest BCUT2D eigenvalue weighted by atomic mass is 32.1. The molecule has 2 aromatic carbocycles. The van der Waals surface area contributed by atoms with E-state index in [1.54, 1.807) is 42.6 Å². The number of hydrogen-bond donors (Lipinski definition) is 4. The van der Waals surface area contributed by atoms with Gasteiger partial charge in [0.25, 0.3) is 0 Å². The van der Waals surface area contributed by atoms with Gasteiger partial charge in [-0.3, -0.25) is 14.6 Å². The zero-order valence-electron chi connectivity index (χ0n) is 23.7. The monoisotopic (exact) mass is 588 g/mol. The molecule has 2 aromatic heterocycles. The molecule has 0 aliphatic heterocycles. The Balaban J connectivity index is 1.27. The van der Waals surface area contributed by atoms with Crippen molar-refractivity contribution >= 4 is 50.4 Å². The van der Waals surface area contributed by atoms with Gasteiger partial charge in [-0.25, -0.2) is 4.39 Å². The van der Waals surface area contributed by atoms with Crippen LogP contribution in [0.1, 0.15) is 17.7 Å². The van der Waals surface area contributed by atoms with Crippen molar-refractivity contribution in [2.24, 2.45) is 5.41 Å². The second-order valence-corrected chi connectivity index (χ2v) is 11.4. The fourth-order valence-electron chi connectivity index (χ4n) is 4.34. The van der Waals surface area contributed by atoms with Crippen molar-refractivity contribution in [3.05, 3.63) is 83.8 Å². The molecule has 0 bridgehead atoms. The average molecular weight is 589 g/mol. The molecular formula is C31H33FN6O3S. The van der Waals surface area contributed by atoms with Crippen molar-refractivity contribution in [3.8, 4) is 11.5 Å². The fraction of sp³-hybridized carbons (Fsp3) is 0.258. The number of carbonyl (C=O) groups is 2. The van der Waals surface area contributed by atoms with E-state index >= 15 is 4.39 Å². The van der Waals surface area contributed by atoms with E-state index in [2.05, 4.69) is 31.2 Å². The largest absolute Gasteiger partial charge is 0.453 e. The number of amides is 2. The van der Waals surface area contributed by atoms with Crippen LogP contribution in [0.5, 0.6) is 11.5 Å². The van der Waals surface area contributed by atoms with Gasteiger partial charge >= 0.3 is 0 Å². The lowest BCUT2D eigenvalue weighted by atomic mass is 10.0. The first-order valence-electron chi connectivity index (χ1n) is 13.6. The summed E-state index contributed by atoms with van der Waals surface area (Å²) in [6.45, 7) is 1.70. The number of likely N-dealkylation sites (N-methyl/N-ethyl adjacent to an activating group) is 1. The zero-order chi connectivity index (χ0) is 29.7. The Bertz CT molecular complexity index is 1620. The van der Waals surface area contributed by atoms with Crippen LogP contribution < -0.4 is 26.0 Å². The van der Waals surface area contributed by atoms with Gasteiger partial charge in [-0.15, -0.1) is 11.3 Å². The lowest BCUT2D eigenvalue weighted by Crippen LogP contribution is -2.35. The van der Waals surface area contributed by atoms with Crippen LogP contribution in [0.4, 0.5) is 15.8 Å². The predicted octanol–water partition coefficient (Wildman–Crippen LogP) is 5.25. The standard InChI is InChI=1S/C31H33FN6O3S/c1-33-24(19-34-15-16-38(2)3)27-18-23-28(42-27)26(11-14-35-23)41-25-10-9-21(17-22(25)32)37-30(40)31(12-13-31)29(39)36-20-7-5-4-6-8-20/h4-11,14,17-19,33-34H,12-13,15-16H2,1-3H3,(H,36,39)(H,37,40)/b24-19-. The number of thiophene rings is 1. The highest BCUT2D eigenvalue weighted by molar-refractivity contribution is 7.20. The first-order valence-corrected chi connectivity index (χ1v) is 14.4. The van der Waals surface area contributed by atoms with Crippen molar-refractivity contribution in [1.29, 1.82) is 0 Å². The number of anilines is 2. The Kier molecular flexibility index (Phi) is 8.69. The summed E-state index contributed by atoms with van der Waals surface area (Å²) < 4.78 is 21.9. The topological polar surface area (TPSA) is 108 Å². The van der Waals surface area contributed by atoms with Crippen molar-refractivity contribution < 1.29 is 18.7 Å². The van der Waals surface area contributed by atoms with Crippen LogP contribution in [-0.4, -0.2) is 55.9 Å². The van der Waals surface area contributed by atoms with Crippen molar-refractivity contribution in [1.82, 2.24) is 20.5 Å². The predicted molar refractivity (Wildman–Crippen MR) is 165 cm³/mol. The highest BCUT2D eigenvalue weighted by Gasteiger charge is 2.56. The molecule has 0 atom stereocenters. The molecule has 9 nitrogen and oxygen atoms in total. The molecule has 0 radical (unpaired) electrons. The number of fused-ring (bicyclic) bond motifs is 1. The van der Waals surface area contributed by atoms with Crippen LogP contribution in [-0.2, 0) is 9.59 Å². The van der Waals surface area contributed by atoms with Gasteiger partial charge in [0.2, 0.25) is 11.8 Å². The average Bonchev–Trinajstić information content (AvgIpc) is 3.68. The molecule has 5 rings (SSSR count). The molecule has 0 unspecified atom stereocenters. The normalized spacial score (nSPS) is 14.0. The lowest BCUT2D eigenvalue weighted by molar-refractivity contribution is -0.131. The first-order chi connectivity index (χ1) is 20.3. The number of nitrogens with zero attached hydrogens (tertiary/aromatic N) is 2. The molecule has 2 heterocycles. The molecular weight excluding hydrogens is 555 g/mol. The first kappa shape index (κ1) is 29.0. The van der Waals surface area contributed by atoms with E-state index in [9.17, 15) is 9.59 Å². The Labute approximate surface area is 247 Å².